The Morgan fingerprint density at radius 3 is 2.43 bits per heavy atom. The summed E-state index contributed by atoms with van der Waals surface area (Å²) in [6.07, 6.45) is 3.21. The molecule has 1 heteroatoms. The van der Waals surface area contributed by atoms with E-state index in [0.29, 0.717) is 11.8 Å². The van der Waals surface area contributed by atoms with Gasteiger partial charge in [-0.15, -0.1) is 0 Å². The topological polar surface area (TPSA) is 12.9 Å². The molecule has 1 unspecified atom stereocenters. The van der Waals surface area contributed by atoms with E-state index in [1.54, 1.807) is 0 Å². The van der Waals surface area contributed by atoms with Gasteiger partial charge in [0.2, 0.25) is 0 Å². The van der Waals surface area contributed by atoms with Gasteiger partial charge in [0, 0.05) is 11.9 Å². The van der Waals surface area contributed by atoms with Crippen molar-refractivity contribution in [3.8, 4) is 0 Å². The van der Waals surface area contributed by atoms with Crippen LogP contribution in [0.5, 0.6) is 0 Å². The highest BCUT2D eigenvalue weighted by molar-refractivity contribution is 5.28. The summed E-state index contributed by atoms with van der Waals surface area (Å²) in [5.74, 6) is 1.20. The van der Waals surface area contributed by atoms with Gasteiger partial charge in [0.05, 0.1) is 0 Å². The van der Waals surface area contributed by atoms with Crippen molar-refractivity contribution in [2.45, 2.75) is 52.9 Å². The molecule has 78 valence electrons. The molecule has 0 bridgehead atoms. The lowest BCUT2D eigenvalue weighted by Crippen LogP contribution is -2.00. The Morgan fingerprint density at radius 2 is 1.93 bits per heavy atom. The molecule has 0 fully saturated rings. The monoisotopic (exact) mass is 191 g/mol. The van der Waals surface area contributed by atoms with Crippen molar-refractivity contribution < 1.29 is 0 Å². The van der Waals surface area contributed by atoms with Crippen molar-refractivity contribution in [2.75, 3.05) is 0 Å². The van der Waals surface area contributed by atoms with Gasteiger partial charge < -0.3 is 0 Å². The van der Waals surface area contributed by atoms with Crippen LogP contribution in [0.25, 0.3) is 0 Å². The predicted molar refractivity (Wildman–Crippen MR) is 61.8 cm³/mol. The first kappa shape index (κ1) is 11.2. The van der Waals surface area contributed by atoms with Crippen LogP contribution in [0.2, 0.25) is 0 Å². The standard InChI is InChI=1S/C13H21N/c1-6-10(4)12-7-13(9(2)3)11(5)14-8-12/h7-10H,6H2,1-5H3. The number of aryl methyl sites for hydroxylation is 1. The summed E-state index contributed by atoms with van der Waals surface area (Å²) in [5, 5.41) is 0. The Kier molecular flexibility index (Phi) is 3.68. The van der Waals surface area contributed by atoms with Crippen molar-refractivity contribution in [2.24, 2.45) is 0 Å². The summed E-state index contributed by atoms with van der Waals surface area (Å²) in [6.45, 7) is 11.0. The van der Waals surface area contributed by atoms with Crippen LogP contribution in [0.3, 0.4) is 0 Å². The van der Waals surface area contributed by atoms with Gasteiger partial charge in [-0.25, -0.2) is 0 Å². The first-order valence-electron chi connectivity index (χ1n) is 5.52. The first-order chi connectivity index (χ1) is 6.56. The van der Waals surface area contributed by atoms with Crippen LogP contribution < -0.4 is 0 Å². The molecule has 0 N–H and O–H groups in total. The molecule has 0 spiro atoms. The highest BCUT2D eigenvalue weighted by Crippen LogP contribution is 2.24. The normalized spacial score (nSPS) is 13.3. The molecule has 0 saturated heterocycles. The molecule has 1 atom stereocenters. The second kappa shape index (κ2) is 4.59. The zero-order valence-corrected chi connectivity index (χ0v) is 9.96. The summed E-state index contributed by atoms with van der Waals surface area (Å²) in [4.78, 5) is 4.47. The van der Waals surface area contributed by atoms with E-state index >= 15 is 0 Å². The maximum Gasteiger partial charge on any atom is 0.0407 e. The van der Waals surface area contributed by atoms with Gasteiger partial charge in [0.15, 0.2) is 0 Å². The van der Waals surface area contributed by atoms with E-state index in [2.05, 4.69) is 45.7 Å². The van der Waals surface area contributed by atoms with E-state index in [0.717, 1.165) is 0 Å². The minimum Gasteiger partial charge on any atom is -0.261 e. The average molecular weight is 191 g/mol. The molecule has 14 heavy (non-hydrogen) atoms. The molecular formula is C13H21N. The van der Waals surface area contributed by atoms with Gasteiger partial charge in [-0.1, -0.05) is 33.8 Å². The smallest absolute Gasteiger partial charge is 0.0407 e. The molecular weight excluding hydrogens is 170 g/mol. The lowest BCUT2D eigenvalue weighted by molar-refractivity contribution is 0.721. The van der Waals surface area contributed by atoms with Crippen molar-refractivity contribution in [3.63, 3.8) is 0 Å². The molecule has 1 aromatic heterocycles. The number of hydrogen-bond donors (Lipinski definition) is 0. The lowest BCUT2D eigenvalue weighted by Gasteiger charge is -2.14. The molecule has 0 amide bonds. The minimum atomic E-state index is 0.575. The second-order valence-electron chi connectivity index (χ2n) is 4.41. The summed E-state index contributed by atoms with van der Waals surface area (Å²) >= 11 is 0. The third-order valence-electron chi connectivity index (χ3n) is 2.95. The van der Waals surface area contributed by atoms with Crippen molar-refractivity contribution in [1.29, 1.82) is 0 Å². The van der Waals surface area contributed by atoms with Crippen LogP contribution in [0, 0.1) is 6.92 Å². The molecule has 0 aliphatic heterocycles. The van der Waals surface area contributed by atoms with E-state index in [4.69, 9.17) is 0 Å². The van der Waals surface area contributed by atoms with Crippen LogP contribution >= 0.6 is 0 Å². The van der Waals surface area contributed by atoms with Gasteiger partial charge in [-0.2, -0.15) is 0 Å². The fourth-order valence-electron chi connectivity index (χ4n) is 1.66. The highest BCUT2D eigenvalue weighted by atomic mass is 14.7. The molecule has 1 rings (SSSR count). The van der Waals surface area contributed by atoms with E-state index in [1.165, 1.54) is 23.2 Å². The Balaban J connectivity index is 3.06. The van der Waals surface area contributed by atoms with Crippen molar-refractivity contribution in [1.82, 2.24) is 4.98 Å². The van der Waals surface area contributed by atoms with E-state index < -0.39 is 0 Å². The molecule has 1 heterocycles. The molecule has 0 saturated carbocycles. The third kappa shape index (κ3) is 2.34. The molecule has 1 nitrogen and oxygen atoms in total. The second-order valence-corrected chi connectivity index (χ2v) is 4.41. The fourth-order valence-corrected chi connectivity index (χ4v) is 1.66. The maximum atomic E-state index is 4.47. The van der Waals surface area contributed by atoms with Crippen molar-refractivity contribution in [3.05, 3.63) is 29.1 Å². The number of aromatic nitrogens is 1. The summed E-state index contributed by atoms with van der Waals surface area (Å²) in [6, 6.07) is 2.32. The van der Waals surface area contributed by atoms with Crippen LogP contribution in [-0.4, -0.2) is 4.98 Å². The van der Waals surface area contributed by atoms with Crippen LogP contribution in [0.1, 0.15) is 62.8 Å². The van der Waals surface area contributed by atoms with Gasteiger partial charge in [-0.3, -0.25) is 4.98 Å². The van der Waals surface area contributed by atoms with Crippen LogP contribution in [0.15, 0.2) is 12.3 Å². The molecule has 0 aromatic carbocycles. The average Bonchev–Trinajstić information content (AvgIpc) is 2.17. The third-order valence-corrected chi connectivity index (χ3v) is 2.95. The first-order valence-corrected chi connectivity index (χ1v) is 5.52. The maximum absolute atomic E-state index is 4.47. The fraction of sp³-hybridized carbons (Fsp3) is 0.615. The molecule has 0 aliphatic rings. The Hall–Kier alpha value is -0.850. The predicted octanol–water partition coefficient (Wildman–Crippen LogP) is 4.03. The Labute approximate surface area is 87.6 Å². The number of pyridine rings is 1. The summed E-state index contributed by atoms with van der Waals surface area (Å²) in [7, 11) is 0. The van der Waals surface area contributed by atoms with E-state index in [-0.39, 0.29) is 0 Å². The van der Waals surface area contributed by atoms with Crippen LogP contribution in [0.4, 0.5) is 0 Å². The SMILES string of the molecule is CCC(C)c1cnc(C)c(C(C)C)c1. The van der Waals surface area contributed by atoms with Gasteiger partial charge in [0.25, 0.3) is 0 Å². The largest absolute Gasteiger partial charge is 0.261 e. The number of hydrogen-bond acceptors (Lipinski definition) is 1. The van der Waals surface area contributed by atoms with Gasteiger partial charge in [-0.05, 0) is 36.3 Å². The quantitative estimate of drug-likeness (QED) is 0.703. The summed E-state index contributed by atoms with van der Waals surface area (Å²) in [5.41, 5.74) is 3.94. The summed E-state index contributed by atoms with van der Waals surface area (Å²) < 4.78 is 0. The Bertz CT molecular complexity index is 302. The van der Waals surface area contributed by atoms with Gasteiger partial charge >= 0.3 is 0 Å². The number of rotatable bonds is 3. The highest BCUT2D eigenvalue weighted by Gasteiger charge is 2.09. The van der Waals surface area contributed by atoms with Gasteiger partial charge in [0.1, 0.15) is 0 Å². The van der Waals surface area contributed by atoms with Crippen LogP contribution in [-0.2, 0) is 0 Å². The lowest BCUT2D eigenvalue weighted by atomic mass is 9.94. The molecule has 1 aromatic rings. The molecule has 0 radical (unpaired) electrons. The zero-order chi connectivity index (χ0) is 10.7. The van der Waals surface area contributed by atoms with Crippen molar-refractivity contribution >= 4 is 0 Å². The van der Waals surface area contributed by atoms with E-state index in [9.17, 15) is 0 Å². The van der Waals surface area contributed by atoms with E-state index in [1.807, 2.05) is 6.20 Å². The number of nitrogens with zero attached hydrogens (tertiary/aromatic N) is 1. The Morgan fingerprint density at radius 1 is 1.29 bits per heavy atom. The zero-order valence-electron chi connectivity index (χ0n) is 9.96. The molecule has 0 aliphatic carbocycles. The minimum absolute atomic E-state index is 0.575.